The van der Waals surface area contributed by atoms with Crippen molar-refractivity contribution in [2.24, 2.45) is 5.73 Å². The maximum Gasteiger partial charge on any atom is 0.371 e. The first kappa shape index (κ1) is 14.9. The van der Waals surface area contributed by atoms with Crippen LogP contribution in [0.5, 0.6) is 0 Å². The van der Waals surface area contributed by atoms with E-state index in [0.29, 0.717) is 0 Å². The number of amides is 1. The summed E-state index contributed by atoms with van der Waals surface area (Å²) in [6.45, 7) is 0. The number of benzene rings is 1. The third-order valence-corrected chi connectivity index (χ3v) is 3.87. The molecular formula is C13H10FNO5S. The second-order valence-corrected chi connectivity index (χ2v) is 5.47. The summed E-state index contributed by atoms with van der Waals surface area (Å²) >= 11 is 0. The molecule has 1 aromatic carbocycles. The molecule has 2 rings (SSSR count). The van der Waals surface area contributed by atoms with Gasteiger partial charge >= 0.3 is 5.97 Å². The van der Waals surface area contributed by atoms with Gasteiger partial charge in [0, 0.05) is 11.1 Å². The standard InChI is InChI=1S/C13H10FNO5S/c14-9-2-1-7(12(15)16)5-8(9)6-21(19)11-4-3-10(20-11)13(17)18/h1-5H,6H2,(H2,15,16)(H,17,18). The maximum absolute atomic E-state index is 13.6. The molecular weight excluding hydrogens is 301 g/mol. The van der Waals surface area contributed by atoms with Crippen LogP contribution in [-0.4, -0.2) is 21.2 Å². The fourth-order valence-corrected chi connectivity index (χ4v) is 2.66. The van der Waals surface area contributed by atoms with Crippen molar-refractivity contribution < 1.29 is 27.7 Å². The maximum atomic E-state index is 13.6. The van der Waals surface area contributed by atoms with Gasteiger partial charge in [-0.25, -0.2) is 9.18 Å². The van der Waals surface area contributed by atoms with Gasteiger partial charge in [0.2, 0.25) is 11.7 Å². The molecule has 0 saturated heterocycles. The van der Waals surface area contributed by atoms with Crippen LogP contribution >= 0.6 is 0 Å². The van der Waals surface area contributed by atoms with E-state index < -0.39 is 28.5 Å². The molecule has 110 valence electrons. The van der Waals surface area contributed by atoms with Crippen molar-refractivity contribution in [3.8, 4) is 0 Å². The smallest absolute Gasteiger partial charge is 0.371 e. The molecule has 0 fully saturated rings. The average molecular weight is 311 g/mol. The number of rotatable bonds is 5. The molecule has 1 heterocycles. The van der Waals surface area contributed by atoms with Gasteiger partial charge in [0.1, 0.15) is 5.82 Å². The average Bonchev–Trinajstić information content (AvgIpc) is 2.90. The highest BCUT2D eigenvalue weighted by Crippen LogP contribution is 2.18. The molecule has 1 aromatic heterocycles. The largest absolute Gasteiger partial charge is 0.475 e. The summed E-state index contributed by atoms with van der Waals surface area (Å²) in [6, 6.07) is 5.88. The Morgan fingerprint density at radius 2 is 2.00 bits per heavy atom. The lowest BCUT2D eigenvalue weighted by Gasteiger charge is -2.04. The van der Waals surface area contributed by atoms with Crippen LogP contribution in [0.15, 0.2) is 39.8 Å². The molecule has 2 aromatic rings. The zero-order valence-electron chi connectivity index (χ0n) is 10.5. The van der Waals surface area contributed by atoms with E-state index in [4.69, 9.17) is 15.3 Å². The van der Waals surface area contributed by atoms with Crippen LogP contribution in [0.2, 0.25) is 0 Å². The van der Waals surface area contributed by atoms with Crippen LogP contribution in [-0.2, 0) is 16.6 Å². The first-order chi connectivity index (χ1) is 9.88. The molecule has 6 nitrogen and oxygen atoms in total. The molecule has 0 saturated carbocycles. The molecule has 1 unspecified atom stereocenters. The van der Waals surface area contributed by atoms with Crippen molar-refractivity contribution in [3.63, 3.8) is 0 Å². The monoisotopic (exact) mass is 311 g/mol. The van der Waals surface area contributed by atoms with E-state index in [1.165, 1.54) is 18.2 Å². The van der Waals surface area contributed by atoms with Crippen molar-refractivity contribution in [2.45, 2.75) is 10.8 Å². The number of primary amides is 1. The van der Waals surface area contributed by atoms with E-state index in [2.05, 4.69) is 0 Å². The zero-order valence-corrected chi connectivity index (χ0v) is 11.4. The highest BCUT2D eigenvalue weighted by molar-refractivity contribution is 7.84. The van der Waals surface area contributed by atoms with Crippen LogP contribution in [0.3, 0.4) is 0 Å². The second kappa shape index (κ2) is 5.88. The first-order valence-electron chi connectivity index (χ1n) is 5.68. The number of halogens is 1. The van der Waals surface area contributed by atoms with Crippen LogP contribution in [0.4, 0.5) is 4.39 Å². The van der Waals surface area contributed by atoms with Gasteiger partial charge in [0.05, 0.1) is 16.6 Å². The summed E-state index contributed by atoms with van der Waals surface area (Å²) in [5.74, 6) is -3.28. The number of carbonyl (C=O) groups is 2. The van der Waals surface area contributed by atoms with Crippen molar-refractivity contribution >= 4 is 22.7 Å². The lowest BCUT2D eigenvalue weighted by molar-refractivity contribution is 0.0656. The zero-order chi connectivity index (χ0) is 15.6. The van der Waals surface area contributed by atoms with Gasteiger partial charge in [-0.2, -0.15) is 0 Å². The van der Waals surface area contributed by atoms with Crippen LogP contribution in [0.25, 0.3) is 0 Å². The SMILES string of the molecule is NC(=O)c1ccc(F)c(CS(=O)c2ccc(C(=O)O)o2)c1. The van der Waals surface area contributed by atoms with Crippen LogP contribution < -0.4 is 5.73 Å². The minimum atomic E-state index is -1.78. The number of carboxylic acid groups (broad SMARTS) is 1. The Labute approximate surface area is 120 Å². The molecule has 1 atom stereocenters. The molecule has 0 aliphatic carbocycles. The molecule has 0 radical (unpaired) electrons. The number of nitrogens with two attached hydrogens (primary N) is 1. The van der Waals surface area contributed by atoms with E-state index in [0.717, 1.165) is 12.1 Å². The fourth-order valence-electron chi connectivity index (χ4n) is 1.61. The predicted molar refractivity (Wildman–Crippen MR) is 70.7 cm³/mol. The molecule has 0 aliphatic heterocycles. The van der Waals surface area contributed by atoms with Gasteiger partial charge < -0.3 is 15.3 Å². The Morgan fingerprint density at radius 3 is 2.57 bits per heavy atom. The van der Waals surface area contributed by atoms with E-state index in [1.807, 2.05) is 0 Å². The van der Waals surface area contributed by atoms with Gasteiger partial charge in [0.15, 0.2) is 5.09 Å². The highest BCUT2D eigenvalue weighted by Gasteiger charge is 2.16. The Bertz CT molecular complexity index is 740. The van der Waals surface area contributed by atoms with Gasteiger partial charge in [-0.15, -0.1) is 0 Å². The highest BCUT2D eigenvalue weighted by atomic mass is 32.2. The van der Waals surface area contributed by atoms with Gasteiger partial charge in [-0.05, 0) is 30.3 Å². The number of carbonyl (C=O) groups excluding carboxylic acids is 1. The second-order valence-electron chi connectivity index (χ2n) is 4.08. The van der Waals surface area contributed by atoms with Crippen molar-refractivity contribution in [1.82, 2.24) is 0 Å². The molecule has 3 N–H and O–H groups in total. The van der Waals surface area contributed by atoms with Crippen LogP contribution in [0.1, 0.15) is 26.5 Å². The molecule has 1 amide bonds. The van der Waals surface area contributed by atoms with Gasteiger partial charge in [-0.1, -0.05) is 0 Å². The Balaban J connectivity index is 2.24. The first-order valence-corrected chi connectivity index (χ1v) is 7.00. The molecule has 0 aliphatic rings. The molecule has 0 spiro atoms. The molecule has 21 heavy (non-hydrogen) atoms. The van der Waals surface area contributed by atoms with Crippen LogP contribution in [0, 0.1) is 5.82 Å². The summed E-state index contributed by atoms with van der Waals surface area (Å²) in [5, 5.41) is 8.62. The van der Waals surface area contributed by atoms with Crippen molar-refractivity contribution in [1.29, 1.82) is 0 Å². The number of aromatic carboxylic acids is 1. The quantitative estimate of drug-likeness (QED) is 0.869. The summed E-state index contributed by atoms with van der Waals surface area (Å²) in [7, 11) is -1.78. The van der Waals surface area contributed by atoms with E-state index >= 15 is 0 Å². The Kier molecular flexibility index (Phi) is 4.18. The number of hydrogen-bond acceptors (Lipinski definition) is 4. The molecule has 8 heteroatoms. The number of carboxylic acids is 1. The molecule has 0 bridgehead atoms. The van der Waals surface area contributed by atoms with E-state index in [-0.39, 0.29) is 27.7 Å². The normalized spacial score (nSPS) is 12.0. The lowest BCUT2D eigenvalue weighted by Crippen LogP contribution is -2.12. The van der Waals surface area contributed by atoms with E-state index in [1.54, 1.807) is 0 Å². The third kappa shape index (κ3) is 3.34. The predicted octanol–water partition coefficient (Wildman–Crippen LogP) is 1.52. The summed E-state index contributed by atoms with van der Waals surface area (Å²) in [6.07, 6.45) is 0. The Morgan fingerprint density at radius 1 is 1.29 bits per heavy atom. The van der Waals surface area contributed by atoms with Crippen molar-refractivity contribution in [3.05, 3.63) is 53.0 Å². The summed E-state index contributed by atoms with van der Waals surface area (Å²) in [4.78, 5) is 21.7. The van der Waals surface area contributed by atoms with Gasteiger partial charge in [-0.3, -0.25) is 9.00 Å². The lowest BCUT2D eigenvalue weighted by atomic mass is 10.1. The van der Waals surface area contributed by atoms with Crippen molar-refractivity contribution in [2.75, 3.05) is 0 Å². The Hall–Kier alpha value is -2.48. The fraction of sp³-hybridized carbons (Fsp3) is 0.0769. The van der Waals surface area contributed by atoms with Gasteiger partial charge in [0.25, 0.3) is 0 Å². The third-order valence-electron chi connectivity index (χ3n) is 2.63. The number of furan rings is 1. The summed E-state index contributed by atoms with van der Waals surface area (Å²) in [5.41, 5.74) is 5.21. The topological polar surface area (TPSA) is 111 Å². The summed E-state index contributed by atoms with van der Waals surface area (Å²) < 4.78 is 30.5. The van der Waals surface area contributed by atoms with E-state index in [9.17, 15) is 18.2 Å². The number of hydrogen-bond donors (Lipinski definition) is 2. The minimum absolute atomic E-state index is 0.0258. The minimum Gasteiger partial charge on any atom is -0.475 e.